The van der Waals surface area contributed by atoms with Crippen molar-refractivity contribution in [1.82, 2.24) is 10.2 Å². The second kappa shape index (κ2) is 8.29. The lowest BCUT2D eigenvalue weighted by Gasteiger charge is -2.35. The summed E-state index contributed by atoms with van der Waals surface area (Å²) in [4.78, 5) is 25.8. The molecular formula is C19H28N2O3. The first-order valence-corrected chi connectivity index (χ1v) is 8.58. The Morgan fingerprint density at radius 1 is 1.38 bits per heavy atom. The van der Waals surface area contributed by atoms with E-state index in [1.54, 1.807) is 0 Å². The number of ether oxygens (including phenoxy) is 1. The van der Waals surface area contributed by atoms with Gasteiger partial charge in [0.15, 0.2) is 0 Å². The van der Waals surface area contributed by atoms with Gasteiger partial charge in [0.2, 0.25) is 0 Å². The molecule has 1 fully saturated rings. The van der Waals surface area contributed by atoms with Crippen molar-refractivity contribution in [2.24, 2.45) is 5.92 Å². The molecule has 1 amide bonds. The minimum absolute atomic E-state index is 0.118. The van der Waals surface area contributed by atoms with Gasteiger partial charge in [-0.1, -0.05) is 30.3 Å². The summed E-state index contributed by atoms with van der Waals surface area (Å²) in [5.74, 6) is 0.118. The number of piperidine rings is 1. The van der Waals surface area contributed by atoms with Gasteiger partial charge in [0.25, 0.3) is 0 Å². The van der Waals surface area contributed by atoms with Crippen LogP contribution in [0.4, 0.5) is 4.79 Å². The Morgan fingerprint density at radius 3 is 2.71 bits per heavy atom. The number of benzene rings is 1. The lowest BCUT2D eigenvalue weighted by atomic mass is 9.91. The molecule has 1 aromatic rings. The number of likely N-dealkylation sites (tertiary alicyclic amines) is 1. The number of alkyl carbamates (subject to hydrolysis) is 1. The molecule has 1 N–H and O–H groups in total. The molecule has 2 unspecified atom stereocenters. The largest absolute Gasteiger partial charge is 0.444 e. The van der Waals surface area contributed by atoms with Crippen LogP contribution in [0.2, 0.25) is 0 Å². The molecule has 0 aliphatic carbocycles. The van der Waals surface area contributed by atoms with Gasteiger partial charge in [0.1, 0.15) is 11.9 Å². The Balaban J connectivity index is 1.91. The van der Waals surface area contributed by atoms with Crippen molar-refractivity contribution in [3.63, 3.8) is 0 Å². The Kier molecular flexibility index (Phi) is 6.37. The molecule has 24 heavy (non-hydrogen) atoms. The number of carbonyl (C=O) groups excluding carboxylic acids is 2. The highest BCUT2D eigenvalue weighted by Gasteiger charge is 2.29. The smallest absolute Gasteiger partial charge is 0.408 e. The Morgan fingerprint density at radius 2 is 2.08 bits per heavy atom. The molecular weight excluding hydrogens is 304 g/mol. The van der Waals surface area contributed by atoms with Gasteiger partial charge in [-0.25, -0.2) is 4.79 Å². The van der Waals surface area contributed by atoms with Crippen LogP contribution in [-0.2, 0) is 16.1 Å². The van der Waals surface area contributed by atoms with Crippen molar-refractivity contribution in [3.8, 4) is 0 Å². The number of rotatable bonds is 5. The van der Waals surface area contributed by atoms with E-state index in [4.69, 9.17) is 4.74 Å². The molecule has 5 nitrogen and oxygen atoms in total. The molecule has 1 aliphatic rings. The molecule has 1 aliphatic heterocycles. The molecule has 0 aromatic heterocycles. The summed E-state index contributed by atoms with van der Waals surface area (Å²) in [6, 6.07) is 9.80. The molecule has 0 bridgehead atoms. The summed E-state index contributed by atoms with van der Waals surface area (Å²) < 4.78 is 5.26. The van der Waals surface area contributed by atoms with E-state index >= 15 is 0 Å². The van der Waals surface area contributed by atoms with Crippen LogP contribution in [0.5, 0.6) is 0 Å². The van der Waals surface area contributed by atoms with Crippen LogP contribution in [0.1, 0.15) is 39.2 Å². The van der Waals surface area contributed by atoms with E-state index in [0.717, 1.165) is 38.8 Å². The number of amides is 1. The molecule has 132 valence electrons. The third-order valence-corrected chi connectivity index (χ3v) is 4.13. The molecule has 5 heteroatoms. The Hall–Kier alpha value is -1.88. The topological polar surface area (TPSA) is 58.6 Å². The zero-order valence-corrected chi connectivity index (χ0v) is 14.8. The average Bonchev–Trinajstić information content (AvgIpc) is 2.52. The summed E-state index contributed by atoms with van der Waals surface area (Å²) in [6.07, 6.45) is 2.27. The van der Waals surface area contributed by atoms with Gasteiger partial charge in [-0.2, -0.15) is 0 Å². The van der Waals surface area contributed by atoms with Gasteiger partial charge >= 0.3 is 6.09 Å². The second-order valence-corrected chi connectivity index (χ2v) is 7.43. The van der Waals surface area contributed by atoms with E-state index in [1.807, 2.05) is 39.0 Å². The van der Waals surface area contributed by atoms with Gasteiger partial charge in [0.05, 0.1) is 6.04 Å². The van der Waals surface area contributed by atoms with Gasteiger partial charge in [-0.05, 0) is 51.6 Å². The Labute approximate surface area is 144 Å². The first-order valence-electron chi connectivity index (χ1n) is 8.58. The van der Waals surface area contributed by atoms with E-state index in [0.29, 0.717) is 0 Å². The van der Waals surface area contributed by atoms with Crippen molar-refractivity contribution in [1.29, 1.82) is 0 Å². The van der Waals surface area contributed by atoms with Crippen LogP contribution in [0.25, 0.3) is 0 Å². The summed E-state index contributed by atoms with van der Waals surface area (Å²) >= 11 is 0. The molecule has 1 saturated heterocycles. The fourth-order valence-electron chi connectivity index (χ4n) is 3.08. The fraction of sp³-hybridized carbons (Fsp3) is 0.579. The van der Waals surface area contributed by atoms with Gasteiger partial charge in [0, 0.05) is 13.1 Å². The monoisotopic (exact) mass is 332 g/mol. The summed E-state index contributed by atoms with van der Waals surface area (Å²) in [5.41, 5.74) is 0.699. The van der Waals surface area contributed by atoms with Gasteiger partial charge in [-0.3, -0.25) is 4.90 Å². The number of hydrogen-bond donors (Lipinski definition) is 1. The van der Waals surface area contributed by atoms with E-state index in [1.165, 1.54) is 5.56 Å². The van der Waals surface area contributed by atoms with E-state index in [-0.39, 0.29) is 5.92 Å². The van der Waals surface area contributed by atoms with Crippen molar-refractivity contribution in [2.45, 2.75) is 51.8 Å². The zero-order chi connectivity index (χ0) is 17.6. The summed E-state index contributed by atoms with van der Waals surface area (Å²) in [7, 11) is 0. The first kappa shape index (κ1) is 18.5. The third kappa shape index (κ3) is 5.96. The maximum Gasteiger partial charge on any atom is 0.408 e. The average molecular weight is 332 g/mol. The van der Waals surface area contributed by atoms with Crippen LogP contribution in [0.15, 0.2) is 30.3 Å². The number of aldehydes is 1. The SMILES string of the molecule is CC(C)(C)OC(=O)NC(C=O)C1CCCN(Cc2ccccc2)C1. The van der Waals surface area contributed by atoms with E-state index in [2.05, 4.69) is 22.3 Å². The van der Waals surface area contributed by atoms with Crippen LogP contribution < -0.4 is 5.32 Å². The minimum atomic E-state index is -0.566. The first-order chi connectivity index (χ1) is 11.4. The van der Waals surface area contributed by atoms with Gasteiger partial charge < -0.3 is 14.8 Å². The molecule has 2 atom stereocenters. The van der Waals surface area contributed by atoms with Crippen LogP contribution in [0, 0.1) is 5.92 Å². The molecule has 0 radical (unpaired) electrons. The van der Waals surface area contributed by atoms with E-state index < -0.39 is 17.7 Å². The van der Waals surface area contributed by atoms with Crippen molar-refractivity contribution in [2.75, 3.05) is 13.1 Å². The maximum absolute atomic E-state index is 11.9. The highest BCUT2D eigenvalue weighted by molar-refractivity contribution is 5.73. The van der Waals surface area contributed by atoms with Crippen molar-refractivity contribution in [3.05, 3.63) is 35.9 Å². The normalized spacial score (nSPS) is 20.2. The lowest BCUT2D eigenvalue weighted by Crippen LogP contribution is -2.49. The minimum Gasteiger partial charge on any atom is -0.444 e. The number of nitrogens with zero attached hydrogens (tertiary/aromatic N) is 1. The van der Waals surface area contributed by atoms with Crippen LogP contribution in [-0.4, -0.2) is 42.0 Å². The molecule has 2 rings (SSSR count). The number of carbonyl (C=O) groups is 2. The third-order valence-electron chi connectivity index (χ3n) is 4.13. The fourth-order valence-corrected chi connectivity index (χ4v) is 3.08. The van der Waals surface area contributed by atoms with Crippen molar-refractivity contribution >= 4 is 12.4 Å². The summed E-state index contributed by atoms with van der Waals surface area (Å²) in [5, 5.41) is 2.72. The van der Waals surface area contributed by atoms with Crippen LogP contribution >= 0.6 is 0 Å². The van der Waals surface area contributed by atoms with E-state index in [9.17, 15) is 9.59 Å². The standard InChI is InChI=1S/C19H28N2O3/c1-19(2,3)24-18(23)20-17(14-22)16-10-7-11-21(13-16)12-15-8-5-4-6-9-15/h4-6,8-9,14,16-17H,7,10-13H2,1-3H3,(H,20,23). The predicted molar refractivity (Wildman–Crippen MR) is 93.7 cm³/mol. The highest BCUT2D eigenvalue weighted by Crippen LogP contribution is 2.21. The number of hydrogen-bond acceptors (Lipinski definition) is 4. The Bertz CT molecular complexity index is 539. The maximum atomic E-state index is 11.9. The summed E-state index contributed by atoms with van der Waals surface area (Å²) in [6.45, 7) is 8.12. The van der Waals surface area contributed by atoms with Crippen molar-refractivity contribution < 1.29 is 14.3 Å². The predicted octanol–water partition coefficient (Wildman–Crippen LogP) is 2.99. The molecule has 0 saturated carbocycles. The molecule has 0 spiro atoms. The van der Waals surface area contributed by atoms with Crippen LogP contribution in [0.3, 0.4) is 0 Å². The second-order valence-electron chi connectivity index (χ2n) is 7.43. The molecule has 1 heterocycles. The number of nitrogens with one attached hydrogen (secondary N) is 1. The van der Waals surface area contributed by atoms with Gasteiger partial charge in [-0.15, -0.1) is 0 Å². The zero-order valence-electron chi connectivity index (χ0n) is 14.8. The quantitative estimate of drug-likeness (QED) is 0.842. The molecule has 1 aromatic carbocycles. The highest BCUT2D eigenvalue weighted by atomic mass is 16.6. The lowest BCUT2D eigenvalue weighted by molar-refractivity contribution is -0.111.